The molecule has 0 fully saturated rings. The van der Waals surface area contributed by atoms with Gasteiger partial charge in [0.1, 0.15) is 5.75 Å². The first-order valence-corrected chi connectivity index (χ1v) is 13.6. The van der Waals surface area contributed by atoms with E-state index < -0.39 is 6.29 Å². The molecule has 0 amide bonds. The van der Waals surface area contributed by atoms with Crippen molar-refractivity contribution in [2.75, 3.05) is 0 Å². The standard InChI is InChI=1S/C36H36O2/c1-3-27(2)30-20-22-34(23-21-30)38-36(37-26-29-14-8-5-9-15-29)35(24-28-12-6-4-7-13-28)33-19-18-31-16-10-11-17-32(31)25-33/h4-23,25,27,35-36H,3,24,26H2,1-2H3. The summed E-state index contributed by atoms with van der Waals surface area (Å²) in [5, 5.41) is 2.46. The molecule has 38 heavy (non-hydrogen) atoms. The number of hydrogen-bond donors (Lipinski definition) is 0. The molecule has 0 spiro atoms. The van der Waals surface area contributed by atoms with E-state index in [1.165, 1.54) is 27.5 Å². The maximum Gasteiger partial charge on any atom is 0.207 e. The Morgan fingerprint density at radius 2 is 1.21 bits per heavy atom. The Bertz CT molecular complexity index is 1410. The molecule has 0 heterocycles. The summed E-state index contributed by atoms with van der Waals surface area (Å²) in [5.41, 5.74) is 4.93. The van der Waals surface area contributed by atoms with Crippen LogP contribution in [-0.2, 0) is 17.8 Å². The minimum absolute atomic E-state index is 0.0000367. The molecule has 5 aromatic carbocycles. The van der Waals surface area contributed by atoms with Crippen molar-refractivity contribution in [3.8, 4) is 5.75 Å². The molecule has 192 valence electrons. The number of fused-ring (bicyclic) bond motifs is 1. The third-order valence-electron chi connectivity index (χ3n) is 7.40. The molecule has 0 saturated heterocycles. The van der Waals surface area contributed by atoms with E-state index in [9.17, 15) is 0 Å². The summed E-state index contributed by atoms with van der Waals surface area (Å²) in [7, 11) is 0. The lowest BCUT2D eigenvalue weighted by molar-refractivity contribution is -0.105. The maximum atomic E-state index is 6.68. The van der Waals surface area contributed by atoms with Crippen LogP contribution in [0.15, 0.2) is 127 Å². The molecular weight excluding hydrogens is 464 g/mol. The molecule has 5 aromatic rings. The second-order valence-electron chi connectivity index (χ2n) is 10.1. The van der Waals surface area contributed by atoms with Gasteiger partial charge in [-0.05, 0) is 63.9 Å². The summed E-state index contributed by atoms with van der Waals surface area (Å²) in [5.74, 6) is 1.35. The van der Waals surface area contributed by atoms with Gasteiger partial charge in [0.05, 0.1) is 12.5 Å². The van der Waals surface area contributed by atoms with Gasteiger partial charge in [-0.1, -0.05) is 129 Å². The maximum absolute atomic E-state index is 6.68. The molecule has 3 unspecified atom stereocenters. The van der Waals surface area contributed by atoms with Gasteiger partial charge in [-0.2, -0.15) is 0 Å². The van der Waals surface area contributed by atoms with Crippen molar-refractivity contribution in [1.29, 1.82) is 0 Å². The first-order chi connectivity index (χ1) is 18.7. The molecule has 2 nitrogen and oxygen atoms in total. The van der Waals surface area contributed by atoms with Crippen LogP contribution >= 0.6 is 0 Å². The van der Waals surface area contributed by atoms with Gasteiger partial charge in [0.2, 0.25) is 6.29 Å². The molecule has 2 heteroatoms. The zero-order valence-electron chi connectivity index (χ0n) is 22.3. The minimum atomic E-state index is -0.467. The van der Waals surface area contributed by atoms with Crippen LogP contribution in [0, 0.1) is 0 Å². The van der Waals surface area contributed by atoms with Crippen LogP contribution in [0.2, 0.25) is 0 Å². The van der Waals surface area contributed by atoms with Crippen molar-refractivity contribution in [1.82, 2.24) is 0 Å². The second-order valence-corrected chi connectivity index (χ2v) is 10.1. The molecule has 0 aliphatic rings. The van der Waals surface area contributed by atoms with Crippen LogP contribution < -0.4 is 4.74 Å². The van der Waals surface area contributed by atoms with Crippen molar-refractivity contribution < 1.29 is 9.47 Å². The molecule has 0 saturated carbocycles. The zero-order valence-corrected chi connectivity index (χ0v) is 22.3. The van der Waals surface area contributed by atoms with Crippen molar-refractivity contribution in [3.63, 3.8) is 0 Å². The molecular formula is C36H36O2. The molecule has 0 bridgehead atoms. The number of hydrogen-bond acceptors (Lipinski definition) is 2. The van der Waals surface area contributed by atoms with Crippen LogP contribution in [0.5, 0.6) is 5.75 Å². The Kier molecular flexibility index (Phi) is 8.53. The largest absolute Gasteiger partial charge is 0.464 e. The van der Waals surface area contributed by atoms with E-state index in [0.29, 0.717) is 12.5 Å². The lowest BCUT2D eigenvalue weighted by Gasteiger charge is -2.29. The summed E-state index contributed by atoms with van der Waals surface area (Å²) in [6, 6.07) is 44.7. The minimum Gasteiger partial charge on any atom is -0.464 e. The summed E-state index contributed by atoms with van der Waals surface area (Å²) in [6.07, 6.45) is 1.46. The Morgan fingerprint density at radius 1 is 0.605 bits per heavy atom. The SMILES string of the molecule is CCC(C)c1ccc(OC(OCc2ccccc2)C(Cc2ccccc2)c2ccc3ccccc3c2)cc1. The van der Waals surface area contributed by atoms with E-state index in [0.717, 1.165) is 24.2 Å². The smallest absolute Gasteiger partial charge is 0.207 e. The van der Waals surface area contributed by atoms with Gasteiger partial charge in [0, 0.05) is 0 Å². The van der Waals surface area contributed by atoms with E-state index in [-0.39, 0.29) is 5.92 Å². The van der Waals surface area contributed by atoms with Gasteiger partial charge in [-0.25, -0.2) is 0 Å². The molecule has 0 aromatic heterocycles. The predicted molar refractivity (Wildman–Crippen MR) is 158 cm³/mol. The fraction of sp³-hybridized carbons (Fsp3) is 0.222. The van der Waals surface area contributed by atoms with Crippen LogP contribution in [0.25, 0.3) is 10.8 Å². The Balaban J connectivity index is 1.51. The lowest BCUT2D eigenvalue weighted by atomic mass is 9.89. The van der Waals surface area contributed by atoms with Crippen molar-refractivity contribution in [2.24, 2.45) is 0 Å². The second kappa shape index (κ2) is 12.6. The first-order valence-electron chi connectivity index (χ1n) is 13.6. The van der Waals surface area contributed by atoms with Gasteiger partial charge in [-0.3, -0.25) is 0 Å². The summed E-state index contributed by atoms with van der Waals surface area (Å²) in [4.78, 5) is 0. The van der Waals surface area contributed by atoms with Crippen LogP contribution in [0.4, 0.5) is 0 Å². The quantitative estimate of drug-likeness (QED) is 0.168. The first kappa shape index (κ1) is 25.8. The number of ether oxygens (including phenoxy) is 2. The summed E-state index contributed by atoms with van der Waals surface area (Å²) >= 11 is 0. The molecule has 0 aliphatic carbocycles. The van der Waals surface area contributed by atoms with E-state index in [1.807, 2.05) is 18.2 Å². The molecule has 0 aliphatic heterocycles. The van der Waals surface area contributed by atoms with Crippen molar-refractivity contribution in [3.05, 3.63) is 150 Å². The topological polar surface area (TPSA) is 18.5 Å². The zero-order chi connectivity index (χ0) is 26.2. The third-order valence-corrected chi connectivity index (χ3v) is 7.40. The Morgan fingerprint density at radius 3 is 1.89 bits per heavy atom. The molecule has 0 radical (unpaired) electrons. The predicted octanol–water partition coefficient (Wildman–Crippen LogP) is 9.30. The molecule has 5 rings (SSSR count). The van der Waals surface area contributed by atoms with E-state index in [2.05, 4.69) is 123 Å². The normalized spacial score (nSPS) is 13.6. The van der Waals surface area contributed by atoms with Crippen LogP contribution in [0.1, 0.15) is 54.4 Å². The average molecular weight is 501 g/mol. The Labute approximate surface area is 226 Å². The lowest BCUT2D eigenvalue weighted by Crippen LogP contribution is -2.30. The monoisotopic (exact) mass is 500 g/mol. The van der Waals surface area contributed by atoms with Crippen molar-refractivity contribution >= 4 is 10.8 Å². The highest BCUT2D eigenvalue weighted by Crippen LogP contribution is 2.32. The fourth-order valence-electron chi connectivity index (χ4n) is 4.91. The highest BCUT2D eigenvalue weighted by Gasteiger charge is 2.27. The highest BCUT2D eigenvalue weighted by molar-refractivity contribution is 5.83. The van der Waals surface area contributed by atoms with Gasteiger partial charge in [0.25, 0.3) is 0 Å². The van der Waals surface area contributed by atoms with Gasteiger partial charge in [0.15, 0.2) is 0 Å². The van der Waals surface area contributed by atoms with Crippen molar-refractivity contribution in [2.45, 2.75) is 51.4 Å². The summed E-state index contributed by atoms with van der Waals surface area (Å²) < 4.78 is 13.3. The van der Waals surface area contributed by atoms with E-state index in [1.54, 1.807) is 0 Å². The number of benzene rings is 5. The highest BCUT2D eigenvalue weighted by atomic mass is 16.7. The average Bonchev–Trinajstić information content (AvgIpc) is 2.99. The van der Waals surface area contributed by atoms with Crippen LogP contribution in [-0.4, -0.2) is 6.29 Å². The van der Waals surface area contributed by atoms with Gasteiger partial charge in [-0.15, -0.1) is 0 Å². The molecule has 3 atom stereocenters. The van der Waals surface area contributed by atoms with E-state index in [4.69, 9.17) is 9.47 Å². The Hall–Kier alpha value is -3.88. The van der Waals surface area contributed by atoms with Gasteiger partial charge < -0.3 is 9.47 Å². The van der Waals surface area contributed by atoms with E-state index >= 15 is 0 Å². The third kappa shape index (κ3) is 6.51. The molecule has 0 N–H and O–H groups in total. The van der Waals surface area contributed by atoms with Gasteiger partial charge >= 0.3 is 0 Å². The summed E-state index contributed by atoms with van der Waals surface area (Å²) in [6.45, 7) is 4.97. The fourth-order valence-corrected chi connectivity index (χ4v) is 4.91. The number of rotatable bonds is 11. The van der Waals surface area contributed by atoms with Crippen LogP contribution in [0.3, 0.4) is 0 Å².